The Labute approximate surface area is 127 Å². The van der Waals surface area contributed by atoms with Crippen molar-refractivity contribution in [3.8, 4) is 0 Å². The van der Waals surface area contributed by atoms with Crippen LogP contribution >= 0.6 is 0 Å². The number of hydrogen-bond acceptors (Lipinski definition) is 4. The third-order valence-electron chi connectivity index (χ3n) is 2.87. The topological polar surface area (TPSA) is 50.0 Å². The van der Waals surface area contributed by atoms with Gasteiger partial charge in [-0.1, -0.05) is 19.9 Å². The second-order valence-corrected chi connectivity index (χ2v) is 4.96. The van der Waals surface area contributed by atoms with Gasteiger partial charge in [0, 0.05) is 30.2 Å². The molecule has 0 fully saturated rings. The van der Waals surface area contributed by atoms with Gasteiger partial charge in [0.25, 0.3) is 0 Å². The number of rotatable bonds is 6. The molecule has 0 aliphatic rings. The Hall–Kier alpha value is -2.10. The Kier molecular flexibility index (Phi) is 6.66. The fourth-order valence-electron chi connectivity index (χ4n) is 2.05. The predicted octanol–water partition coefficient (Wildman–Crippen LogP) is 4.33. The molecule has 0 N–H and O–H groups in total. The fraction of sp³-hybridized carbons (Fsp3) is 0.412. The summed E-state index contributed by atoms with van der Waals surface area (Å²) in [6.07, 6.45) is 5.61. The van der Waals surface area contributed by atoms with E-state index in [0.29, 0.717) is 5.92 Å². The van der Waals surface area contributed by atoms with Crippen LogP contribution in [0.3, 0.4) is 0 Å². The minimum atomic E-state index is 0.372. The zero-order chi connectivity index (χ0) is 15.8. The van der Waals surface area contributed by atoms with Crippen molar-refractivity contribution in [2.24, 2.45) is 20.9 Å². The lowest BCUT2D eigenvalue weighted by atomic mass is 10.1. The zero-order valence-electron chi connectivity index (χ0n) is 13.6. The van der Waals surface area contributed by atoms with E-state index in [1.165, 1.54) is 0 Å². The maximum Gasteiger partial charge on any atom is 0.115 e. The third-order valence-corrected chi connectivity index (χ3v) is 2.87. The summed E-state index contributed by atoms with van der Waals surface area (Å²) in [5.41, 5.74) is 4.21. The van der Waals surface area contributed by atoms with E-state index in [2.05, 4.69) is 46.6 Å². The van der Waals surface area contributed by atoms with E-state index in [4.69, 9.17) is 0 Å². The van der Waals surface area contributed by atoms with Gasteiger partial charge in [-0.3, -0.25) is 20.0 Å². The first kappa shape index (κ1) is 17.0. The Morgan fingerprint density at radius 1 is 1.43 bits per heavy atom. The lowest BCUT2D eigenvalue weighted by Gasteiger charge is -2.11. The Balaban J connectivity index is 3.53. The highest BCUT2D eigenvalue weighted by Crippen LogP contribution is 2.30. The van der Waals surface area contributed by atoms with Gasteiger partial charge in [0.15, 0.2) is 0 Å². The molecular weight excluding hydrogens is 260 g/mol. The number of allylic oxidation sites excluding steroid dienone is 1. The zero-order valence-corrected chi connectivity index (χ0v) is 13.6. The molecule has 112 valence electrons. The number of aliphatic imine (C=N–C) groups is 3. The standard InChI is InChI=1S/C17H24N4/c1-7-19-13(5)14-9-10-21-17(16(14)18-6)15(20-8-2)11-12(3)4/h8-12H,6-7H2,1-5H3/b15-11-,19-13-,20-8-. The molecule has 0 unspecified atom stereocenters. The van der Waals surface area contributed by atoms with Crippen molar-refractivity contribution in [2.45, 2.75) is 34.6 Å². The summed E-state index contributed by atoms with van der Waals surface area (Å²) in [6.45, 7) is 14.5. The van der Waals surface area contributed by atoms with Crippen LogP contribution in [0.2, 0.25) is 0 Å². The van der Waals surface area contributed by atoms with E-state index in [9.17, 15) is 0 Å². The van der Waals surface area contributed by atoms with E-state index in [0.717, 1.165) is 34.9 Å². The smallest absolute Gasteiger partial charge is 0.115 e. The molecule has 0 saturated carbocycles. The molecule has 21 heavy (non-hydrogen) atoms. The summed E-state index contributed by atoms with van der Waals surface area (Å²) in [4.78, 5) is 17.5. The summed E-state index contributed by atoms with van der Waals surface area (Å²) in [7, 11) is 0. The molecule has 0 bridgehead atoms. The summed E-state index contributed by atoms with van der Waals surface area (Å²) >= 11 is 0. The summed E-state index contributed by atoms with van der Waals surface area (Å²) in [6, 6.07) is 1.92. The van der Waals surface area contributed by atoms with Crippen LogP contribution in [0, 0.1) is 5.92 Å². The van der Waals surface area contributed by atoms with Crippen LogP contribution in [0.4, 0.5) is 5.69 Å². The van der Waals surface area contributed by atoms with Gasteiger partial charge in [0.1, 0.15) is 5.69 Å². The van der Waals surface area contributed by atoms with Gasteiger partial charge in [-0.05, 0) is 39.5 Å². The van der Waals surface area contributed by atoms with E-state index in [-0.39, 0.29) is 0 Å². The molecule has 1 aromatic heterocycles. The monoisotopic (exact) mass is 284 g/mol. The second-order valence-electron chi connectivity index (χ2n) is 4.96. The van der Waals surface area contributed by atoms with Gasteiger partial charge in [-0.2, -0.15) is 0 Å². The second kappa shape index (κ2) is 8.25. The van der Waals surface area contributed by atoms with Crippen LogP contribution in [0.5, 0.6) is 0 Å². The normalized spacial score (nSPS) is 13.2. The molecule has 0 radical (unpaired) electrons. The van der Waals surface area contributed by atoms with E-state index < -0.39 is 0 Å². The van der Waals surface area contributed by atoms with Crippen LogP contribution < -0.4 is 0 Å². The van der Waals surface area contributed by atoms with Crippen molar-refractivity contribution in [3.63, 3.8) is 0 Å². The summed E-state index contributed by atoms with van der Waals surface area (Å²) in [5.74, 6) is 0.372. The fourth-order valence-corrected chi connectivity index (χ4v) is 2.05. The lowest BCUT2D eigenvalue weighted by Crippen LogP contribution is -2.01. The van der Waals surface area contributed by atoms with Crippen molar-refractivity contribution in [1.29, 1.82) is 0 Å². The van der Waals surface area contributed by atoms with Crippen molar-refractivity contribution < 1.29 is 0 Å². The lowest BCUT2D eigenvalue weighted by molar-refractivity contribution is 0.831. The van der Waals surface area contributed by atoms with Gasteiger partial charge in [0.2, 0.25) is 0 Å². The van der Waals surface area contributed by atoms with E-state index in [1.807, 2.05) is 26.8 Å². The minimum Gasteiger partial charge on any atom is -0.290 e. The maximum atomic E-state index is 4.45. The Bertz CT molecular complexity index is 580. The SMILES string of the molecule is C=Nc1c(/C(C)=N\CC)ccnc1C(=C/C(C)C)/N=C\C. The number of hydrogen-bond donors (Lipinski definition) is 0. The molecule has 0 atom stereocenters. The Morgan fingerprint density at radius 2 is 2.14 bits per heavy atom. The molecular formula is C17H24N4. The van der Waals surface area contributed by atoms with Crippen LogP contribution in [0.25, 0.3) is 5.70 Å². The molecule has 4 heteroatoms. The molecule has 0 spiro atoms. The van der Waals surface area contributed by atoms with Crippen LogP contribution in [-0.4, -0.2) is 30.2 Å². The minimum absolute atomic E-state index is 0.372. The van der Waals surface area contributed by atoms with E-state index >= 15 is 0 Å². The van der Waals surface area contributed by atoms with Crippen molar-refractivity contribution in [1.82, 2.24) is 4.98 Å². The predicted molar refractivity (Wildman–Crippen MR) is 93.2 cm³/mol. The average molecular weight is 284 g/mol. The highest BCUT2D eigenvalue weighted by molar-refractivity contribution is 6.04. The number of aromatic nitrogens is 1. The molecule has 1 rings (SSSR count). The number of nitrogens with zero attached hydrogens (tertiary/aromatic N) is 4. The van der Waals surface area contributed by atoms with Gasteiger partial charge in [-0.25, -0.2) is 0 Å². The van der Waals surface area contributed by atoms with Crippen LogP contribution in [0.1, 0.15) is 45.9 Å². The molecule has 1 heterocycles. The highest BCUT2D eigenvalue weighted by Gasteiger charge is 2.14. The van der Waals surface area contributed by atoms with Crippen molar-refractivity contribution in [3.05, 3.63) is 29.6 Å². The molecule has 0 aliphatic heterocycles. The molecule has 4 nitrogen and oxygen atoms in total. The van der Waals surface area contributed by atoms with Gasteiger partial charge >= 0.3 is 0 Å². The largest absolute Gasteiger partial charge is 0.290 e. The summed E-state index contributed by atoms with van der Waals surface area (Å²) < 4.78 is 0. The molecule has 0 amide bonds. The molecule has 0 aromatic carbocycles. The first-order valence-corrected chi connectivity index (χ1v) is 7.23. The molecule has 0 aliphatic carbocycles. The van der Waals surface area contributed by atoms with Gasteiger partial charge in [0.05, 0.1) is 11.4 Å². The van der Waals surface area contributed by atoms with Crippen LogP contribution in [0.15, 0.2) is 33.3 Å². The van der Waals surface area contributed by atoms with Crippen LogP contribution in [-0.2, 0) is 0 Å². The Morgan fingerprint density at radius 3 is 2.67 bits per heavy atom. The number of pyridine rings is 1. The van der Waals surface area contributed by atoms with Crippen molar-refractivity contribution in [2.75, 3.05) is 6.54 Å². The van der Waals surface area contributed by atoms with Crippen molar-refractivity contribution >= 4 is 30.0 Å². The quantitative estimate of drug-likeness (QED) is 0.717. The third kappa shape index (κ3) is 4.45. The van der Waals surface area contributed by atoms with Gasteiger partial charge < -0.3 is 0 Å². The van der Waals surface area contributed by atoms with Gasteiger partial charge in [-0.15, -0.1) is 0 Å². The highest BCUT2D eigenvalue weighted by atomic mass is 14.9. The van der Waals surface area contributed by atoms with E-state index in [1.54, 1.807) is 12.4 Å². The molecule has 1 aromatic rings. The molecule has 0 saturated heterocycles. The summed E-state index contributed by atoms with van der Waals surface area (Å²) in [5, 5.41) is 0. The first-order chi connectivity index (χ1) is 10.0. The average Bonchev–Trinajstić information content (AvgIpc) is 2.45. The first-order valence-electron chi connectivity index (χ1n) is 7.23. The maximum absolute atomic E-state index is 4.45.